The molecule has 0 aliphatic heterocycles. The van der Waals surface area contributed by atoms with Crippen LogP contribution in [0.3, 0.4) is 0 Å². The van der Waals surface area contributed by atoms with Gasteiger partial charge in [0.1, 0.15) is 0 Å². The Morgan fingerprint density at radius 3 is 1.75 bits per heavy atom. The van der Waals surface area contributed by atoms with E-state index in [2.05, 4.69) is 36.9 Å². The third-order valence-electron chi connectivity index (χ3n) is 4.25. The molecule has 0 saturated carbocycles. The molecule has 0 nitrogen and oxygen atoms in total. The van der Waals surface area contributed by atoms with Crippen molar-refractivity contribution < 1.29 is 0 Å². The molecule has 0 radical (unpaired) electrons. The summed E-state index contributed by atoms with van der Waals surface area (Å²) in [7, 11) is 0. The van der Waals surface area contributed by atoms with Gasteiger partial charge in [-0.15, -0.1) is 0 Å². The minimum absolute atomic E-state index is 0.936. The zero-order valence-corrected chi connectivity index (χ0v) is 17.1. The number of hydrogen-bond donors (Lipinski definition) is 0. The van der Waals surface area contributed by atoms with Crippen LogP contribution < -0.4 is 0 Å². The summed E-state index contributed by atoms with van der Waals surface area (Å²) in [5.74, 6) is 2.75. The molecule has 0 fully saturated rings. The Balaban J connectivity index is 4.61. The van der Waals surface area contributed by atoms with Crippen molar-refractivity contribution in [3.63, 3.8) is 0 Å². The van der Waals surface area contributed by atoms with Crippen LogP contribution in [0.1, 0.15) is 78.6 Å². The summed E-state index contributed by atoms with van der Waals surface area (Å²) in [4.78, 5) is 0. The number of rotatable bonds is 13. The van der Waals surface area contributed by atoms with E-state index >= 15 is 0 Å². The van der Waals surface area contributed by atoms with Crippen LogP contribution in [-0.2, 0) is 0 Å². The van der Waals surface area contributed by atoms with Gasteiger partial charge in [0.2, 0.25) is 0 Å². The Kier molecular flexibility index (Phi) is 14.1. The number of unbranched alkanes of at least 4 members (excludes halogenated alkanes) is 5. The normalized spacial score (nSPS) is 11.9. The van der Waals surface area contributed by atoms with E-state index in [1.54, 1.807) is 13.3 Å². The van der Waals surface area contributed by atoms with E-state index in [9.17, 15) is 0 Å². The van der Waals surface area contributed by atoms with Gasteiger partial charge in [-0.1, -0.05) is 0 Å². The van der Waals surface area contributed by atoms with Crippen LogP contribution in [0.25, 0.3) is 0 Å². The number of allylic oxidation sites excluding steroid dienone is 1. The molecule has 0 spiro atoms. The van der Waals surface area contributed by atoms with Crippen LogP contribution in [0.5, 0.6) is 0 Å². The predicted octanol–water partition coefficient (Wildman–Crippen LogP) is 6.73. The van der Waals surface area contributed by atoms with Gasteiger partial charge >= 0.3 is 133 Å². The summed E-state index contributed by atoms with van der Waals surface area (Å²) in [6.07, 6.45) is 19.6. The molecule has 1 heteroatoms. The molecule has 0 heterocycles. The minimum atomic E-state index is -1.98. The van der Waals surface area contributed by atoms with Crippen molar-refractivity contribution in [1.82, 2.24) is 0 Å². The van der Waals surface area contributed by atoms with Gasteiger partial charge in [-0.2, -0.15) is 0 Å². The monoisotopic (exact) mass is 384 g/mol. The van der Waals surface area contributed by atoms with Gasteiger partial charge in [0.25, 0.3) is 0 Å². The molecular formula is C19H36Sn. The van der Waals surface area contributed by atoms with Crippen molar-refractivity contribution in [2.24, 2.45) is 0 Å². The van der Waals surface area contributed by atoms with E-state index in [4.69, 9.17) is 6.42 Å². The molecule has 0 N–H and O–H groups in total. The molecule has 0 amide bonds. The molecular weight excluding hydrogens is 347 g/mol. The SMILES string of the molecule is C#CCCC/C=[CH]/[Sn]([CH2]CCC)([CH2]CCC)[CH2]CCC. The van der Waals surface area contributed by atoms with Gasteiger partial charge in [-0.3, -0.25) is 0 Å². The Bertz CT molecular complexity index is 250. The summed E-state index contributed by atoms with van der Waals surface area (Å²) >= 11 is -1.98. The number of terminal acetylenes is 1. The second-order valence-corrected chi connectivity index (χ2v) is 19.2. The first-order valence-corrected chi connectivity index (χ1v) is 16.6. The average molecular weight is 383 g/mol. The van der Waals surface area contributed by atoms with E-state index in [1.807, 2.05) is 0 Å². The van der Waals surface area contributed by atoms with Gasteiger partial charge in [0.05, 0.1) is 0 Å². The second kappa shape index (κ2) is 14.1. The average Bonchev–Trinajstić information content (AvgIpc) is 2.48. The van der Waals surface area contributed by atoms with Gasteiger partial charge < -0.3 is 0 Å². The van der Waals surface area contributed by atoms with Crippen LogP contribution in [0.2, 0.25) is 13.3 Å². The fourth-order valence-electron chi connectivity index (χ4n) is 2.87. The van der Waals surface area contributed by atoms with Crippen molar-refractivity contribution in [2.75, 3.05) is 0 Å². The predicted molar refractivity (Wildman–Crippen MR) is 96.7 cm³/mol. The molecule has 0 rings (SSSR count). The maximum atomic E-state index is 5.33. The van der Waals surface area contributed by atoms with E-state index < -0.39 is 18.4 Å². The van der Waals surface area contributed by atoms with Crippen LogP contribution >= 0.6 is 0 Å². The van der Waals surface area contributed by atoms with E-state index in [0.717, 1.165) is 6.42 Å². The Morgan fingerprint density at radius 1 is 0.850 bits per heavy atom. The van der Waals surface area contributed by atoms with Crippen molar-refractivity contribution in [3.8, 4) is 12.3 Å². The van der Waals surface area contributed by atoms with E-state index in [1.165, 1.54) is 51.4 Å². The molecule has 0 unspecified atom stereocenters. The molecule has 0 atom stereocenters. The third kappa shape index (κ3) is 9.92. The van der Waals surface area contributed by atoms with Crippen molar-refractivity contribution in [3.05, 3.63) is 10.2 Å². The van der Waals surface area contributed by atoms with Crippen LogP contribution in [-0.4, -0.2) is 18.4 Å². The molecule has 116 valence electrons. The Labute approximate surface area is 132 Å². The van der Waals surface area contributed by atoms with Crippen LogP contribution in [0.15, 0.2) is 10.2 Å². The third-order valence-corrected chi connectivity index (χ3v) is 18.5. The molecule has 0 saturated heterocycles. The topological polar surface area (TPSA) is 0 Å². The quantitative estimate of drug-likeness (QED) is 0.188. The van der Waals surface area contributed by atoms with Gasteiger partial charge in [-0.25, -0.2) is 0 Å². The van der Waals surface area contributed by atoms with Crippen molar-refractivity contribution in [2.45, 2.75) is 91.9 Å². The molecule has 20 heavy (non-hydrogen) atoms. The zero-order chi connectivity index (χ0) is 15.1. The van der Waals surface area contributed by atoms with E-state index in [0.29, 0.717) is 0 Å². The summed E-state index contributed by atoms with van der Waals surface area (Å²) in [6, 6.07) is 0. The first-order valence-electron chi connectivity index (χ1n) is 8.85. The maximum absolute atomic E-state index is 5.33. The summed E-state index contributed by atoms with van der Waals surface area (Å²) in [5.41, 5.74) is 0. The summed E-state index contributed by atoms with van der Waals surface area (Å²) < 4.78 is 7.51. The standard InChI is InChI=1S/C7H9.3C4H9.Sn/c1-3-5-7-6-4-2;3*1-3-4-2;/h1-3H,5-7H2;3*1,3-4H2,2H3;. The van der Waals surface area contributed by atoms with Crippen molar-refractivity contribution in [1.29, 1.82) is 0 Å². The molecule has 0 aromatic carbocycles. The van der Waals surface area contributed by atoms with Crippen molar-refractivity contribution >= 4 is 18.4 Å². The first kappa shape index (κ1) is 20.1. The molecule has 0 aliphatic carbocycles. The molecule has 0 bridgehead atoms. The Hall–Kier alpha value is 0.0987. The second-order valence-electron chi connectivity index (χ2n) is 6.17. The fourth-order valence-corrected chi connectivity index (χ4v) is 17.4. The number of hydrogen-bond acceptors (Lipinski definition) is 0. The van der Waals surface area contributed by atoms with Crippen LogP contribution in [0.4, 0.5) is 0 Å². The fraction of sp³-hybridized carbons (Fsp3) is 0.789. The molecule has 0 aliphatic rings. The molecule has 0 aromatic heterocycles. The Morgan fingerprint density at radius 2 is 1.35 bits per heavy atom. The van der Waals surface area contributed by atoms with Crippen LogP contribution in [0, 0.1) is 12.3 Å². The van der Waals surface area contributed by atoms with Gasteiger partial charge in [0, 0.05) is 0 Å². The summed E-state index contributed by atoms with van der Waals surface area (Å²) in [5, 5.41) is 0. The van der Waals surface area contributed by atoms with Gasteiger partial charge in [-0.05, 0) is 0 Å². The van der Waals surface area contributed by atoms with Gasteiger partial charge in [0.15, 0.2) is 0 Å². The first-order chi connectivity index (χ1) is 9.74. The van der Waals surface area contributed by atoms with E-state index in [-0.39, 0.29) is 0 Å². The molecule has 0 aromatic rings. The summed E-state index contributed by atoms with van der Waals surface area (Å²) in [6.45, 7) is 7.02. The zero-order valence-electron chi connectivity index (χ0n) is 14.2.